The van der Waals surface area contributed by atoms with Crippen molar-refractivity contribution in [2.24, 2.45) is 5.92 Å². The van der Waals surface area contributed by atoms with Crippen LogP contribution in [0.2, 0.25) is 0 Å². The minimum atomic E-state index is 0. The third-order valence-electron chi connectivity index (χ3n) is 4.45. The molecule has 0 unspecified atom stereocenters. The zero-order valence-electron chi connectivity index (χ0n) is 12.7. The number of hydrogen-bond donors (Lipinski definition) is 2. The smallest absolute Gasteiger partial charge is 0.128 e. The Morgan fingerprint density at radius 3 is 2.55 bits per heavy atom. The lowest BCUT2D eigenvalue weighted by Gasteiger charge is -2.41. The summed E-state index contributed by atoms with van der Waals surface area (Å²) in [4.78, 5) is 6.86. The highest BCUT2D eigenvalue weighted by atomic mass is 35.5. The van der Waals surface area contributed by atoms with Crippen molar-refractivity contribution in [3.8, 4) is 0 Å². The summed E-state index contributed by atoms with van der Waals surface area (Å²) in [5, 5.41) is 3.43. The fourth-order valence-corrected chi connectivity index (χ4v) is 3.42. The second-order valence-electron chi connectivity index (χ2n) is 5.66. The largest absolute Gasteiger partial charge is 0.383 e. The first-order chi connectivity index (χ1) is 9.86. The van der Waals surface area contributed by atoms with Gasteiger partial charge in [0.2, 0.25) is 0 Å². The molecular weight excluding hydrogens is 323 g/mol. The highest BCUT2D eigenvalue weighted by Crippen LogP contribution is 2.36. The van der Waals surface area contributed by atoms with Crippen LogP contribution in [0.5, 0.6) is 0 Å². The minimum Gasteiger partial charge on any atom is -0.383 e. The van der Waals surface area contributed by atoms with Crippen molar-refractivity contribution in [1.29, 1.82) is 0 Å². The van der Waals surface area contributed by atoms with Gasteiger partial charge in [0.15, 0.2) is 0 Å². The molecular formula is C15H26Cl2N4O. The SMILES string of the molecule is Cl.Cl.Nc1ncccc1[C@H](C1CCOCC1)N1CCNCC1. The van der Waals surface area contributed by atoms with Gasteiger partial charge < -0.3 is 15.8 Å². The maximum atomic E-state index is 6.15. The van der Waals surface area contributed by atoms with Crippen LogP contribution < -0.4 is 11.1 Å². The van der Waals surface area contributed by atoms with E-state index >= 15 is 0 Å². The highest BCUT2D eigenvalue weighted by molar-refractivity contribution is 5.85. The molecule has 2 aliphatic rings. The fraction of sp³-hybridized carbons (Fsp3) is 0.667. The average Bonchev–Trinajstić information content (AvgIpc) is 2.52. The van der Waals surface area contributed by atoms with Gasteiger partial charge in [0.25, 0.3) is 0 Å². The summed E-state index contributed by atoms with van der Waals surface area (Å²) in [6, 6.07) is 4.53. The number of piperazine rings is 1. The minimum absolute atomic E-state index is 0. The molecule has 0 bridgehead atoms. The van der Waals surface area contributed by atoms with Crippen LogP contribution in [0.1, 0.15) is 24.4 Å². The van der Waals surface area contributed by atoms with Crippen LogP contribution in [0.3, 0.4) is 0 Å². The van der Waals surface area contributed by atoms with E-state index in [1.165, 1.54) is 5.56 Å². The number of nitrogens with zero attached hydrogens (tertiary/aromatic N) is 2. The first kappa shape index (κ1) is 19.5. The number of pyridine rings is 1. The Bertz CT molecular complexity index is 419. The third kappa shape index (κ3) is 4.46. The summed E-state index contributed by atoms with van der Waals surface area (Å²) in [7, 11) is 0. The number of nitrogens with one attached hydrogen (secondary N) is 1. The topological polar surface area (TPSA) is 63.4 Å². The number of anilines is 1. The van der Waals surface area contributed by atoms with Crippen LogP contribution in [0.4, 0.5) is 5.82 Å². The molecule has 3 rings (SSSR count). The second-order valence-corrected chi connectivity index (χ2v) is 5.66. The molecule has 2 saturated heterocycles. The molecule has 0 amide bonds. The first-order valence-electron chi connectivity index (χ1n) is 7.59. The van der Waals surface area contributed by atoms with Gasteiger partial charge in [-0.3, -0.25) is 4.90 Å². The summed E-state index contributed by atoms with van der Waals surface area (Å²) < 4.78 is 5.53. The van der Waals surface area contributed by atoms with Crippen LogP contribution >= 0.6 is 24.8 Å². The van der Waals surface area contributed by atoms with Gasteiger partial charge in [0, 0.05) is 57.2 Å². The predicted octanol–water partition coefficient (Wildman–Crippen LogP) is 1.88. The second kappa shape index (κ2) is 9.53. The van der Waals surface area contributed by atoms with Crippen molar-refractivity contribution in [2.45, 2.75) is 18.9 Å². The molecule has 3 heterocycles. The maximum absolute atomic E-state index is 6.15. The summed E-state index contributed by atoms with van der Waals surface area (Å²) in [6.45, 7) is 6.01. The normalized spacial score (nSPS) is 21.5. The molecule has 126 valence electrons. The summed E-state index contributed by atoms with van der Waals surface area (Å²) in [5.74, 6) is 1.30. The Hall–Kier alpha value is -0.590. The van der Waals surface area contributed by atoms with E-state index in [4.69, 9.17) is 10.5 Å². The van der Waals surface area contributed by atoms with E-state index in [9.17, 15) is 0 Å². The summed E-state index contributed by atoms with van der Waals surface area (Å²) in [5.41, 5.74) is 7.35. The molecule has 5 nitrogen and oxygen atoms in total. The van der Waals surface area contributed by atoms with E-state index in [2.05, 4.69) is 21.3 Å². The monoisotopic (exact) mass is 348 g/mol. The molecule has 0 aliphatic carbocycles. The van der Waals surface area contributed by atoms with E-state index in [-0.39, 0.29) is 24.8 Å². The standard InChI is InChI=1S/C15H24N4O.2ClH/c16-15-13(2-1-5-18-15)14(12-3-10-20-11-4-12)19-8-6-17-7-9-19;;/h1-2,5,12,14,17H,3-4,6-11H2,(H2,16,18);2*1H/t14-;;/m0../s1. The Morgan fingerprint density at radius 2 is 1.91 bits per heavy atom. The molecule has 7 heteroatoms. The lowest BCUT2D eigenvalue weighted by molar-refractivity contribution is 0.0214. The number of nitrogen functional groups attached to an aromatic ring is 1. The lowest BCUT2D eigenvalue weighted by atomic mass is 9.85. The first-order valence-corrected chi connectivity index (χ1v) is 7.59. The highest BCUT2D eigenvalue weighted by Gasteiger charge is 2.32. The molecule has 1 aromatic heterocycles. The van der Waals surface area contributed by atoms with E-state index in [0.717, 1.165) is 52.2 Å². The van der Waals surface area contributed by atoms with E-state index < -0.39 is 0 Å². The molecule has 0 radical (unpaired) electrons. The third-order valence-corrected chi connectivity index (χ3v) is 4.45. The molecule has 22 heavy (non-hydrogen) atoms. The molecule has 2 fully saturated rings. The Labute approximate surface area is 144 Å². The molecule has 0 spiro atoms. The van der Waals surface area contributed by atoms with Crippen LogP contribution in [-0.2, 0) is 4.74 Å². The van der Waals surface area contributed by atoms with Gasteiger partial charge in [0.1, 0.15) is 5.82 Å². The van der Waals surface area contributed by atoms with Crippen molar-refractivity contribution in [1.82, 2.24) is 15.2 Å². The van der Waals surface area contributed by atoms with Crippen LogP contribution in [0.15, 0.2) is 18.3 Å². The maximum Gasteiger partial charge on any atom is 0.128 e. The fourth-order valence-electron chi connectivity index (χ4n) is 3.42. The molecule has 0 saturated carbocycles. The zero-order valence-corrected chi connectivity index (χ0v) is 14.4. The molecule has 0 aromatic carbocycles. The zero-order chi connectivity index (χ0) is 13.8. The van der Waals surface area contributed by atoms with Crippen molar-refractivity contribution < 1.29 is 4.74 Å². The number of hydrogen-bond acceptors (Lipinski definition) is 5. The quantitative estimate of drug-likeness (QED) is 0.873. The van der Waals surface area contributed by atoms with Crippen molar-refractivity contribution in [3.63, 3.8) is 0 Å². The number of ether oxygens (including phenoxy) is 1. The Kier molecular flexibility index (Phi) is 8.43. The van der Waals surface area contributed by atoms with Gasteiger partial charge in [-0.05, 0) is 24.8 Å². The molecule has 1 aromatic rings. The van der Waals surface area contributed by atoms with Gasteiger partial charge in [-0.1, -0.05) is 6.07 Å². The predicted molar refractivity (Wildman–Crippen MR) is 93.9 cm³/mol. The van der Waals surface area contributed by atoms with Crippen LogP contribution in [0, 0.1) is 5.92 Å². The Balaban J connectivity index is 0.00000121. The molecule has 3 N–H and O–H groups in total. The van der Waals surface area contributed by atoms with Gasteiger partial charge in [-0.2, -0.15) is 0 Å². The number of aromatic nitrogens is 1. The molecule has 1 atom stereocenters. The van der Waals surface area contributed by atoms with Gasteiger partial charge >= 0.3 is 0 Å². The van der Waals surface area contributed by atoms with Crippen molar-refractivity contribution >= 4 is 30.6 Å². The van der Waals surface area contributed by atoms with E-state index in [0.29, 0.717) is 17.8 Å². The van der Waals surface area contributed by atoms with E-state index in [1.807, 2.05) is 6.07 Å². The van der Waals surface area contributed by atoms with E-state index in [1.54, 1.807) is 6.20 Å². The average molecular weight is 349 g/mol. The molecule has 2 aliphatic heterocycles. The van der Waals surface area contributed by atoms with Crippen molar-refractivity contribution in [2.75, 3.05) is 45.1 Å². The summed E-state index contributed by atoms with van der Waals surface area (Å²) in [6.07, 6.45) is 4.00. The lowest BCUT2D eigenvalue weighted by Crippen LogP contribution is -2.47. The Morgan fingerprint density at radius 1 is 1.23 bits per heavy atom. The summed E-state index contributed by atoms with van der Waals surface area (Å²) >= 11 is 0. The van der Waals surface area contributed by atoms with Gasteiger partial charge in [-0.25, -0.2) is 4.98 Å². The number of halogens is 2. The van der Waals surface area contributed by atoms with Gasteiger partial charge in [-0.15, -0.1) is 24.8 Å². The van der Waals surface area contributed by atoms with Gasteiger partial charge in [0.05, 0.1) is 0 Å². The number of rotatable bonds is 3. The van der Waals surface area contributed by atoms with Crippen LogP contribution in [0.25, 0.3) is 0 Å². The number of nitrogens with two attached hydrogens (primary N) is 1. The van der Waals surface area contributed by atoms with Crippen LogP contribution in [-0.4, -0.2) is 49.3 Å². The van der Waals surface area contributed by atoms with Crippen molar-refractivity contribution in [3.05, 3.63) is 23.9 Å².